The molecule has 0 aliphatic heterocycles. The summed E-state index contributed by atoms with van der Waals surface area (Å²) in [5.74, 6) is 1.39. The molecule has 1 aromatic heterocycles. The van der Waals surface area contributed by atoms with Crippen molar-refractivity contribution < 1.29 is 9.53 Å². The lowest BCUT2D eigenvalue weighted by Gasteiger charge is -2.16. The number of nitrogens with zero attached hydrogens (tertiary/aromatic N) is 2. The normalized spacial score (nSPS) is 10.3. The molecule has 2 aromatic rings. The van der Waals surface area contributed by atoms with Crippen LogP contribution in [0.15, 0.2) is 36.5 Å². The van der Waals surface area contributed by atoms with Crippen LogP contribution in [-0.2, 0) is 0 Å². The topological polar surface area (TPSA) is 54.5 Å². The van der Waals surface area contributed by atoms with Crippen molar-refractivity contribution in [3.05, 3.63) is 53.2 Å². The Labute approximate surface area is 137 Å². The number of para-hydroxylation sites is 1. The molecule has 0 aliphatic rings. The van der Waals surface area contributed by atoms with Crippen molar-refractivity contribution in [2.75, 3.05) is 32.1 Å². The molecule has 5 heteroatoms. The van der Waals surface area contributed by atoms with E-state index in [1.54, 1.807) is 18.3 Å². The number of benzene rings is 1. The number of carbonyl (C=O) groups is 1. The Bertz CT molecular complexity index is 663. The van der Waals surface area contributed by atoms with Crippen molar-refractivity contribution in [1.82, 2.24) is 10.3 Å². The summed E-state index contributed by atoms with van der Waals surface area (Å²) in [5, 5.41) is 2.87. The maximum atomic E-state index is 12.3. The average molecular weight is 313 g/mol. The van der Waals surface area contributed by atoms with Gasteiger partial charge in [0.25, 0.3) is 5.91 Å². The molecule has 0 saturated heterocycles. The first kappa shape index (κ1) is 16.8. The van der Waals surface area contributed by atoms with E-state index in [4.69, 9.17) is 4.74 Å². The van der Waals surface area contributed by atoms with Gasteiger partial charge < -0.3 is 15.0 Å². The number of hydrogen-bond donors (Lipinski definition) is 1. The van der Waals surface area contributed by atoms with Gasteiger partial charge in [0, 0.05) is 20.3 Å². The Balaban J connectivity index is 1.91. The molecule has 5 nitrogen and oxygen atoms in total. The fourth-order valence-electron chi connectivity index (χ4n) is 2.37. The lowest BCUT2D eigenvalue weighted by atomic mass is 10.1. The Kier molecular flexibility index (Phi) is 5.57. The first-order valence-electron chi connectivity index (χ1n) is 7.60. The maximum Gasteiger partial charge on any atom is 0.255 e. The van der Waals surface area contributed by atoms with E-state index in [-0.39, 0.29) is 5.91 Å². The molecule has 0 atom stereocenters. The lowest BCUT2D eigenvalue weighted by Crippen LogP contribution is -2.30. The van der Waals surface area contributed by atoms with Crippen LogP contribution in [0.5, 0.6) is 5.75 Å². The minimum Gasteiger partial charge on any atom is -0.491 e. The molecule has 0 radical (unpaired) electrons. The van der Waals surface area contributed by atoms with E-state index >= 15 is 0 Å². The summed E-state index contributed by atoms with van der Waals surface area (Å²) in [6.07, 6.45) is 1.68. The van der Waals surface area contributed by atoms with Crippen LogP contribution in [0.1, 0.15) is 21.5 Å². The van der Waals surface area contributed by atoms with Gasteiger partial charge in [-0.1, -0.05) is 18.2 Å². The van der Waals surface area contributed by atoms with Crippen molar-refractivity contribution in [2.24, 2.45) is 0 Å². The lowest BCUT2D eigenvalue weighted by molar-refractivity contribution is 0.0947. The number of aryl methyl sites for hydroxylation is 2. The summed E-state index contributed by atoms with van der Waals surface area (Å²) in [5.41, 5.74) is 2.75. The number of nitrogens with one attached hydrogen (secondary N) is 1. The SMILES string of the molecule is Cc1cccc(C)c1OCCNC(=O)c1cccnc1N(C)C. The molecule has 0 bridgehead atoms. The summed E-state index contributed by atoms with van der Waals surface area (Å²) in [6, 6.07) is 9.56. The highest BCUT2D eigenvalue weighted by Crippen LogP contribution is 2.22. The van der Waals surface area contributed by atoms with Gasteiger partial charge in [0.05, 0.1) is 12.1 Å². The van der Waals surface area contributed by atoms with Crippen LogP contribution in [-0.4, -0.2) is 38.1 Å². The second-order valence-corrected chi connectivity index (χ2v) is 5.59. The number of carbonyl (C=O) groups excluding carboxylic acids is 1. The molecule has 1 aromatic carbocycles. The van der Waals surface area contributed by atoms with E-state index in [0.717, 1.165) is 16.9 Å². The second-order valence-electron chi connectivity index (χ2n) is 5.59. The highest BCUT2D eigenvalue weighted by molar-refractivity contribution is 5.98. The molecular formula is C18H23N3O2. The van der Waals surface area contributed by atoms with Gasteiger partial charge in [-0.15, -0.1) is 0 Å². The summed E-state index contributed by atoms with van der Waals surface area (Å²) >= 11 is 0. The predicted octanol–water partition coefficient (Wildman–Crippen LogP) is 2.57. The van der Waals surface area contributed by atoms with Crippen molar-refractivity contribution >= 4 is 11.7 Å². The molecule has 0 spiro atoms. The van der Waals surface area contributed by atoms with Crippen molar-refractivity contribution in [3.63, 3.8) is 0 Å². The fraction of sp³-hybridized carbons (Fsp3) is 0.333. The molecule has 0 saturated carbocycles. The predicted molar refractivity (Wildman–Crippen MR) is 92.3 cm³/mol. The molecule has 1 heterocycles. The molecule has 0 aliphatic carbocycles. The van der Waals surface area contributed by atoms with E-state index < -0.39 is 0 Å². The van der Waals surface area contributed by atoms with Crippen LogP contribution in [0, 0.1) is 13.8 Å². The number of pyridine rings is 1. The summed E-state index contributed by atoms with van der Waals surface area (Å²) < 4.78 is 5.79. The van der Waals surface area contributed by atoms with Crippen LogP contribution in [0.4, 0.5) is 5.82 Å². The van der Waals surface area contributed by atoms with Gasteiger partial charge in [0.15, 0.2) is 0 Å². The molecule has 0 fully saturated rings. The van der Waals surface area contributed by atoms with Gasteiger partial charge in [-0.2, -0.15) is 0 Å². The third-order valence-electron chi connectivity index (χ3n) is 3.50. The van der Waals surface area contributed by atoms with Gasteiger partial charge in [0.1, 0.15) is 18.2 Å². The zero-order valence-corrected chi connectivity index (χ0v) is 14.1. The summed E-state index contributed by atoms with van der Waals surface area (Å²) in [7, 11) is 3.73. The number of hydrogen-bond acceptors (Lipinski definition) is 4. The minimum absolute atomic E-state index is 0.146. The Morgan fingerprint density at radius 1 is 1.17 bits per heavy atom. The Hall–Kier alpha value is -2.56. The highest BCUT2D eigenvalue weighted by Gasteiger charge is 2.13. The van der Waals surface area contributed by atoms with Gasteiger partial charge in [0.2, 0.25) is 0 Å². The molecule has 0 unspecified atom stereocenters. The molecule has 1 N–H and O–H groups in total. The van der Waals surface area contributed by atoms with Gasteiger partial charge in [-0.05, 0) is 37.1 Å². The van der Waals surface area contributed by atoms with Crippen LogP contribution in [0.2, 0.25) is 0 Å². The number of ether oxygens (including phenoxy) is 1. The second kappa shape index (κ2) is 7.63. The van der Waals surface area contributed by atoms with Crippen LogP contribution in [0.25, 0.3) is 0 Å². The van der Waals surface area contributed by atoms with Crippen molar-refractivity contribution in [2.45, 2.75) is 13.8 Å². The number of aromatic nitrogens is 1. The summed E-state index contributed by atoms with van der Waals surface area (Å²) in [4.78, 5) is 18.3. The van der Waals surface area contributed by atoms with Gasteiger partial charge >= 0.3 is 0 Å². The van der Waals surface area contributed by atoms with Crippen LogP contribution in [0.3, 0.4) is 0 Å². The summed E-state index contributed by atoms with van der Waals surface area (Å²) in [6.45, 7) is 4.89. The van der Waals surface area contributed by atoms with Crippen molar-refractivity contribution in [3.8, 4) is 5.75 Å². The van der Waals surface area contributed by atoms with Gasteiger partial charge in [-0.3, -0.25) is 4.79 Å². The zero-order chi connectivity index (χ0) is 16.8. The van der Waals surface area contributed by atoms with Crippen LogP contribution >= 0.6 is 0 Å². The van der Waals surface area contributed by atoms with E-state index in [1.807, 2.05) is 51.0 Å². The largest absolute Gasteiger partial charge is 0.491 e. The van der Waals surface area contributed by atoms with Crippen molar-refractivity contribution in [1.29, 1.82) is 0 Å². The standard InChI is InChI=1S/C18H23N3O2/c1-13-7-5-8-14(2)16(13)23-12-11-20-18(22)15-9-6-10-19-17(15)21(3)4/h5-10H,11-12H2,1-4H3,(H,20,22). The highest BCUT2D eigenvalue weighted by atomic mass is 16.5. The maximum absolute atomic E-state index is 12.3. The number of rotatable bonds is 6. The van der Waals surface area contributed by atoms with E-state index in [0.29, 0.717) is 24.5 Å². The molecular weight excluding hydrogens is 290 g/mol. The first-order chi connectivity index (χ1) is 11.0. The molecule has 23 heavy (non-hydrogen) atoms. The number of anilines is 1. The van der Waals surface area contributed by atoms with Crippen LogP contribution < -0.4 is 15.0 Å². The molecule has 1 amide bonds. The molecule has 122 valence electrons. The Morgan fingerprint density at radius 2 is 1.87 bits per heavy atom. The minimum atomic E-state index is -0.146. The fourth-order valence-corrected chi connectivity index (χ4v) is 2.37. The smallest absolute Gasteiger partial charge is 0.255 e. The Morgan fingerprint density at radius 3 is 2.52 bits per heavy atom. The average Bonchev–Trinajstić information content (AvgIpc) is 2.53. The molecule has 2 rings (SSSR count). The zero-order valence-electron chi connectivity index (χ0n) is 14.1. The van der Waals surface area contributed by atoms with E-state index in [2.05, 4.69) is 10.3 Å². The third-order valence-corrected chi connectivity index (χ3v) is 3.50. The van der Waals surface area contributed by atoms with Gasteiger partial charge in [-0.25, -0.2) is 4.98 Å². The third kappa shape index (κ3) is 4.22. The monoisotopic (exact) mass is 313 g/mol. The first-order valence-corrected chi connectivity index (χ1v) is 7.60. The van der Waals surface area contributed by atoms with E-state index in [1.165, 1.54) is 0 Å². The quantitative estimate of drug-likeness (QED) is 0.833. The van der Waals surface area contributed by atoms with E-state index in [9.17, 15) is 4.79 Å². The number of amides is 1.